The van der Waals surface area contributed by atoms with Crippen LogP contribution in [0.2, 0.25) is 0 Å². The third-order valence-corrected chi connectivity index (χ3v) is 3.12. The molecule has 1 fully saturated rings. The van der Waals surface area contributed by atoms with E-state index in [1.165, 1.54) is 0 Å². The van der Waals surface area contributed by atoms with E-state index in [-0.39, 0.29) is 12.5 Å². The molecule has 1 aromatic carbocycles. The summed E-state index contributed by atoms with van der Waals surface area (Å²) in [6.07, 6.45) is -0.564. The molecule has 0 spiro atoms. The molecular weight excluding hydrogens is 246 g/mol. The fourth-order valence-corrected chi connectivity index (χ4v) is 2.03. The Balaban J connectivity index is 1.99. The molecule has 1 atom stereocenters. The van der Waals surface area contributed by atoms with Gasteiger partial charge < -0.3 is 19.5 Å². The van der Waals surface area contributed by atoms with E-state index in [1.54, 1.807) is 24.0 Å². The molecular formula is C14H19NO4. The minimum Gasteiger partial charge on any atom is -0.481 e. The summed E-state index contributed by atoms with van der Waals surface area (Å²) in [7, 11) is 0. The molecule has 0 saturated carbocycles. The van der Waals surface area contributed by atoms with Crippen molar-refractivity contribution >= 4 is 5.91 Å². The van der Waals surface area contributed by atoms with E-state index in [0.29, 0.717) is 37.6 Å². The van der Waals surface area contributed by atoms with Crippen LogP contribution in [0, 0.1) is 0 Å². The predicted octanol–water partition coefficient (Wildman–Crippen LogP) is 0.805. The molecule has 104 valence electrons. The maximum absolute atomic E-state index is 12.2. The molecule has 0 bridgehead atoms. The van der Waals surface area contributed by atoms with E-state index in [4.69, 9.17) is 9.47 Å². The highest BCUT2D eigenvalue weighted by Crippen LogP contribution is 2.19. The number of ether oxygens (including phenoxy) is 2. The van der Waals surface area contributed by atoms with Crippen LogP contribution >= 0.6 is 0 Å². The fraction of sp³-hybridized carbons (Fsp3) is 0.500. The summed E-state index contributed by atoms with van der Waals surface area (Å²) in [5.41, 5.74) is 0.684. The quantitative estimate of drug-likeness (QED) is 0.875. The maximum Gasteiger partial charge on any atom is 0.263 e. The Hall–Kier alpha value is -1.59. The fourth-order valence-electron chi connectivity index (χ4n) is 2.03. The second-order valence-electron chi connectivity index (χ2n) is 4.46. The monoisotopic (exact) mass is 265 g/mol. The van der Waals surface area contributed by atoms with Gasteiger partial charge in [0.15, 0.2) is 6.10 Å². The highest BCUT2D eigenvalue weighted by molar-refractivity contribution is 5.81. The Morgan fingerprint density at radius 3 is 2.79 bits per heavy atom. The molecule has 19 heavy (non-hydrogen) atoms. The van der Waals surface area contributed by atoms with Crippen molar-refractivity contribution in [2.75, 3.05) is 26.3 Å². The zero-order chi connectivity index (χ0) is 13.7. The van der Waals surface area contributed by atoms with Gasteiger partial charge in [0, 0.05) is 18.7 Å². The number of amides is 1. The largest absolute Gasteiger partial charge is 0.481 e. The van der Waals surface area contributed by atoms with Crippen molar-refractivity contribution in [3.63, 3.8) is 0 Å². The molecule has 1 aliphatic heterocycles. The normalized spacial score (nSPS) is 17.1. The lowest BCUT2D eigenvalue weighted by molar-refractivity contribution is -0.142. The molecule has 0 aromatic heterocycles. The number of benzene rings is 1. The lowest BCUT2D eigenvalue weighted by Gasteiger charge is -2.29. The van der Waals surface area contributed by atoms with Crippen molar-refractivity contribution in [3.8, 4) is 5.75 Å². The number of hydrogen-bond donors (Lipinski definition) is 1. The number of carbonyl (C=O) groups excluding carboxylic acids is 1. The Kier molecular flexibility index (Phi) is 4.76. The van der Waals surface area contributed by atoms with Crippen LogP contribution in [-0.2, 0) is 16.1 Å². The molecule has 1 aliphatic rings. The molecule has 1 N–H and O–H groups in total. The highest BCUT2D eigenvalue weighted by atomic mass is 16.5. The van der Waals surface area contributed by atoms with Crippen LogP contribution in [0.15, 0.2) is 24.3 Å². The van der Waals surface area contributed by atoms with Crippen molar-refractivity contribution in [2.45, 2.75) is 19.6 Å². The molecule has 2 rings (SSSR count). The van der Waals surface area contributed by atoms with Crippen LogP contribution in [0.5, 0.6) is 5.75 Å². The first kappa shape index (κ1) is 13.8. The first-order chi connectivity index (χ1) is 9.22. The van der Waals surface area contributed by atoms with Gasteiger partial charge in [-0.15, -0.1) is 0 Å². The summed E-state index contributed by atoms with van der Waals surface area (Å²) in [6.45, 7) is 3.99. The molecule has 5 heteroatoms. The SMILES string of the molecule is CC(Oc1ccccc1CO)C(=O)N1CCOCC1. The zero-order valence-electron chi connectivity index (χ0n) is 11.0. The van der Waals surface area contributed by atoms with Gasteiger partial charge in [0.1, 0.15) is 5.75 Å². The molecule has 1 aromatic rings. The Labute approximate surface area is 112 Å². The number of aliphatic hydroxyl groups excluding tert-OH is 1. The van der Waals surface area contributed by atoms with Gasteiger partial charge in [-0.25, -0.2) is 0 Å². The van der Waals surface area contributed by atoms with Gasteiger partial charge in [-0.3, -0.25) is 4.79 Å². The van der Waals surface area contributed by atoms with Crippen LogP contribution in [0.4, 0.5) is 0 Å². The number of hydrogen-bond acceptors (Lipinski definition) is 4. The number of morpholine rings is 1. The van der Waals surface area contributed by atoms with E-state index < -0.39 is 6.10 Å². The summed E-state index contributed by atoms with van der Waals surface area (Å²) >= 11 is 0. The molecule has 0 radical (unpaired) electrons. The van der Waals surface area contributed by atoms with Gasteiger partial charge in [-0.2, -0.15) is 0 Å². The van der Waals surface area contributed by atoms with Gasteiger partial charge in [-0.1, -0.05) is 18.2 Å². The Morgan fingerprint density at radius 1 is 1.42 bits per heavy atom. The summed E-state index contributed by atoms with van der Waals surface area (Å²) < 4.78 is 10.9. The van der Waals surface area contributed by atoms with Crippen LogP contribution in [-0.4, -0.2) is 48.3 Å². The lowest BCUT2D eigenvalue weighted by atomic mass is 10.2. The van der Waals surface area contributed by atoms with Crippen LogP contribution < -0.4 is 4.74 Å². The smallest absolute Gasteiger partial charge is 0.263 e. The summed E-state index contributed by atoms with van der Waals surface area (Å²) in [4.78, 5) is 13.9. The molecule has 1 unspecified atom stereocenters. The first-order valence-electron chi connectivity index (χ1n) is 6.44. The minimum absolute atomic E-state index is 0.0453. The van der Waals surface area contributed by atoms with Crippen LogP contribution in [0.25, 0.3) is 0 Å². The van der Waals surface area contributed by atoms with E-state index in [0.717, 1.165) is 0 Å². The minimum atomic E-state index is -0.564. The topological polar surface area (TPSA) is 59.0 Å². The van der Waals surface area contributed by atoms with E-state index >= 15 is 0 Å². The highest BCUT2D eigenvalue weighted by Gasteiger charge is 2.24. The third-order valence-electron chi connectivity index (χ3n) is 3.12. The second kappa shape index (κ2) is 6.54. The average molecular weight is 265 g/mol. The van der Waals surface area contributed by atoms with Gasteiger partial charge in [0.2, 0.25) is 0 Å². The molecule has 1 amide bonds. The number of para-hydroxylation sites is 1. The third kappa shape index (κ3) is 3.45. The van der Waals surface area contributed by atoms with Gasteiger partial charge in [-0.05, 0) is 13.0 Å². The van der Waals surface area contributed by atoms with Gasteiger partial charge in [0.25, 0.3) is 5.91 Å². The van der Waals surface area contributed by atoms with Crippen molar-refractivity contribution in [1.29, 1.82) is 0 Å². The van der Waals surface area contributed by atoms with Gasteiger partial charge in [0.05, 0.1) is 19.8 Å². The summed E-state index contributed by atoms with van der Waals surface area (Å²) in [6, 6.07) is 7.18. The van der Waals surface area contributed by atoms with Crippen molar-refractivity contribution in [3.05, 3.63) is 29.8 Å². The van der Waals surface area contributed by atoms with Crippen molar-refractivity contribution in [1.82, 2.24) is 4.90 Å². The van der Waals surface area contributed by atoms with Gasteiger partial charge >= 0.3 is 0 Å². The van der Waals surface area contributed by atoms with Crippen molar-refractivity contribution in [2.24, 2.45) is 0 Å². The van der Waals surface area contributed by atoms with Crippen molar-refractivity contribution < 1.29 is 19.4 Å². The van der Waals surface area contributed by atoms with Crippen LogP contribution in [0.3, 0.4) is 0 Å². The lowest BCUT2D eigenvalue weighted by Crippen LogP contribution is -2.46. The molecule has 5 nitrogen and oxygen atoms in total. The van der Waals surface area contributed by atoms with Crippen LogP contribution in [0.1, 0.15) is 12.5 Å². The first-order valence-corrected chi connectivity index (χ1v) is 6.44. The molecule has 1 heterocycles. The van der Waals surface area contributed by atoms with E-state index in [2.05, 4.69) is 0 Å². The molecule has 1 saturated heterocycles. The molecule has 0 aliphatic carbocycles. The Morgan fingerprint density at radius 2 is 2.11 bits per heavy atom. The summed E-state index contributed by atoms with van der Waals surface area (Å²) in [5, 5.41) is 9.23. The second-order valence-corrected chi connectivity index (χ2v) is 4.46. The number of carbonyl (C=O) groups is 1. The zero-order valence-corrected chi connectivity index (χ0v) is 11.0. The number of aliphatic hydroxyl groups is 1. The average Bonchev–Trinajstić information content (AvgIpc) is 2.48. The standard InChI is InChI=1S/C14H19NO4/c1-11(14(17)15-6-8-18-9-7-15)19-13-5-3-2-4-12(13)10-16/h2-5,11,16H,6-10H2,1H3. The van der Waals surface area contributed by atoms with E-state index in [1.807, 2.05) is 12.1 Å². The van der Waals surface area contributed by atoms with E-state index in [9.17, 15) is 9.90 Å². The Bertz CT molecular complexity index is 429. The summed E-state index contributed by atoms with van der Waals surface area (Å²) in [5.74, 6) is 0.509. The maximum atomic E-state index is 12.2. The number of rotatable bonds is 4. The predicted molar refractivity (Wildman–Crippen MR) is 69.9 cm³/mol. The number of nitrogens with zero attached hydrogens (tertiary/aromatic N) is 1.